The van der Waals surface area contributed by atoms with E-state index in [9.17, 15) is 0 Å². The maximum atomic E-state index is 3.56. The Bertz CT molecular complexity index is 551. The fourth-order valence-electron chi connectivity index (χ4n) is 2.18. The first-order valence-corrected chi connectivity index (χ1v) is 8.24. The van der Waals surface area contributed by atoms with Gasteiger partial charge in [0.2, 0.25) is 0 Å². The van der Waals surface area contributed by atoms with Gasteiger partial charge in [-0.05, 0) is 70.9 Å². The standard InChI is InChI=1S/C16H17BrIN/c1-3-11-4-6-12(7-5-11)16(19-2)14-10-13(17)8-9-15(14)18/h4-10,16,19H,3H2,1-2H3. The highest BCUT2D eigenvalue weighted by molar-refractivity contribution is 14.1. The Kier molecular flexibility index (Phi) is 5.42. The number of hydrogen-bond donors (Lipinski definition) is 1. The minimum absolute atomic E-state index is 0.232. The second-order valence-electron chi connectivity index (χ2n) is 4.48. The van der Waals surface area contributed by atoms with Crippen LogP contribution in [0.2, 0.25) is 0 Å². The fourth-order valence-corrected chi connectivity index (χ4v) is 3.21. The van der Waals surface area contributed by atoms with Gasteiger partial charge in [0.25, 0.3) is 0 Å². The Hall–Kier alpha value is -0.390. The van der Waals surface area contributed by atoms with Gasteiger partial charge in [-0.2, -0.15) is 0 Å². The second kappa shape index (κ2) is 6.86. The van der Waals surface area contributed by atoms with Crippen LogP contribution in [-0.2, 0) is 6.42 Å². The van der Waals surface area contributed by atoms with E-state index in [4.69, 9.17) is 0 Å². The molecule has 0 aliphatic rings. The summed E-state index contributed by atoms with van der Waals surface area (Å²) in [5, 5.41) is 3.41. The topological polar surface area (TPSA) is 12.0 Å². The minimum atomic E-state index is 0.232. The summed E-state index contributed by atoms with van der Waals surface area (Å²) < 4.78 is 2.40. The van der Waals surface area contributed by atoms with Crippen molar-refractivity contribution in [1.82, 2.24) is 5.32 Å². The van der Waals surface area contributed by atoms with Gasteiger partial charge < -0.3 is 5.32 Å². The van der Waals surface area contributed by atoms with E-state index < -0.39 is 0 Å². The Morgan fingerprint density at radius 1 is 1.16 bits per heavy atom. The lowest BCUT2D eigenvalue weighted by atomic mass is 9.97. The summed E-state index contributed by atoms with van der Waals surface area (Å²) in [5.41, 5.74) is 3.99. The van der Waals surface area contributed by atoms with Gasteiger partial charge in [-0.3, -0.25) is 0 Å². The molecule has 0 fully saturated rings. The third-order valence-electron chi connectivity index (χ3n) is 3.28. The lowest BCUT2D eigenvalue weighted by Crippen LogP contribution is -2.18. The minimum Gasteiger partial charge on any atom is -0.309 e. The van der Waals surface area contributed by atoms with Crippen LogP contribution in [0.5, 0.6) is 0 Å². The highest BCUT2D eigenvalue weighted by atomic mass is 127. The highest BCUT2D eigenvalue weighted by Gasteiger charge is 2.15. The van der Waals surface area contributed by atoms with E-state index in [2.05, 4.69) is 93.2 Å². The molecule has 2 rings (SSSR count). The normalized spacial score (nSPS) is 12.4. The van der Waals surface area contributed by atoms with E-state index in [1.165, 1.54) is 20.3 Å². The molecule has 1 nitrogen and oxygen atoms in total. The van der Waals surface area contributed by atoms with Gasteiger partial charge in [-0.1, -0.05) is 47.1 Å². The highest BCUT2D eigenvalue weighted by Crippen LogP contribution is 2.28. The number of aryl methyl sites for hydroxylation is 1. The van der Waals surface area contributed by atoms with Crippen molar-refractivity contribution in [3.8, 4) is 0 Å². The molecular formula is C16H17BrIN. The average molecular weight is 430 g/mol. The molecule has 0 aliphatic heterocycles. The zero-order valence-electron chi connectivity index (χ0n) is 11.1. The molecule has 2 aromatic rings. The zero-order valence-corrected chi connectivity index (χ0v) is 14.8. The molecular weight excluding hydrogens is 413 g/mol. The molecule has 0 aliphatic carbocycles. The van der Waals surface area contributed by atoms with Crippen LogP contribution in [0.25, 0.3) is 0 Å². The molecule has 0 saturated carbocycles. The van der Waals surface area contributed by atoms with E-state index in [1.807, 2.05) is 7.05 Å². The number of rotatable bonds is 4. The van der Waals surface area contributed by atoms with Crippen molar-refractivity contribution in [3.05, 3.63) is 67.2 Å². The summed E-state index contributed by atoms with van der Waals surface area (Å²) in [6, 6.07) is 15.5. The van der Waals surface area contributed by atoms with Gasteiger partial charge in [0, 0.05) is 8.04 Å². The Labute approximate surface area is 137 Å². The van der Waals surface area contributed by atoms with Crippen molar-refractivity contribution in [2.24, 2.45) is 0 Å². The van der Waals surface area contributed by atoms with E-state index in [-0.39, 0.29) is 6.04 Å². The van der Waals surface area contributed by atoms with Crippen LogP contribution in [0.4, 0.5) is 0 Å². The lowest BCUT2D eigenvalue weighted by molar-refractivity contribution is 0.688. The molecule has 3 heteroatoms. The predicted octanol–water partition coefficient (Wildman–Crippen LogP) is 4.92. The molecule has 0 bridgehead atoms. The van der Waals surface area contributed by atoms with Gasteiger partial charge >= 0.3 is 0 Å². The number of nitrogens with one attached hydrogen (secondary N) is 1. The SMILES string of the molecule is CCc1ccc(C(NC)c2cc(Br)ccc2I)cc1. The quantitative estimate of drug-likeness (QED) is 0.679. The lowest BCUT2D eigenvalue weighted by Gasteiger charge is -2.19. The van der Waals surface area contributed by atoms with Crippen molar-refractivity contribution in [2.75, 3.05) is 7.05 Å². The van der Waals surface area contributed by atoms with E-state index in [0.717, 1.165) is 10.9 Å². The van der Waals surface area contributed by atoms with Crippen LogP contribution < -0.4 is 5.32 Å². The molecule has 2 aromatic carbocycles. The van der Waals surface area contributed by atoms with Crippen molar-refractivity contribution in [1.29, 1.82) is 0 Å². The zero-order chi connectivity index (χ0) is 13.8. The summed E-state index contributed by atoms with van der Waals surface area (Å²) in [7, 11) is 2.01. The summed E-state index contributed by atoms with van der Waals surface area (Å²) >= 11 is 5.95. The third-order valence-corrected chi connectivity index (χ3v) is 4.75. The van der Waals surface area contributed by atoms with Gasteiger partial charge in [0.05, 0.1) is 6.04 Å². The van der Waals surface area contributed by atoms with Crippen molar-refractivity contribution in [3.63, 3.8) is 0 Å². The van der Waals surface area contributed by atoms with Crippen LogP contribution in [-0.4, -0.2) is 7.05 Å². The second-order valence-corrected chi connectivity index (χ2v) is 6.56. The van der Waals surface area contributed by atoms with Crippen molar-refractivity contribution >= 4 is 38.5 Å². The molecule has 0 amide bonds. The van der Waals surface area contributed by atoms with Crippen molar-refractivity contribution < 1.29 is 0 Å². The van der Waals surface area contributed by atoms with Gasteiger partial charge in [-0.25, -0.2) is 0 Å². The van der Waals surface area contributed by atoms with E-state index >= 15 is 0 Å². The van der Waals surface area contributed by atoms with Gasteiger partial charge in [-0.15, -0.1) is 0 Å². The van der Waals surface area contributed by atoms with Crippen LogP contribution in [0.3, 0.4) is 0 Å². The summed E-state index contributed by atoms with van der Waals surface area (Å²) in [6.07, 6.45) is 1.08. The fraction of sp³-hybridized carbons (Fsp3) is 0.250. The monoisotopic (exact) mass is 429 g/mol. The summed E-state index contributed by atoms with van der Waals surface area (Å²) in [4.78, 5) is 0. The van der Waals surface area contributed by atoms with Gasteiger partial charge in [0.15, 0.2) is 0 Å². The van der Waals surface area contributed by atoms with Crippen LogP contribution >= 0.6 is 38.5 Å². The first-order chi connectivity index (χ1) is 9.15. The first-order valence-electron chi connectivity index (χ1n) is 6.36. The predicted molar refractivity (Wildman–Crippen MR) is 93.6 cm³/mol. The molecule has 19 heavy (non-hydrogen) atoms. The first kappa shape index (κ1) is 15.0. The summed E-state index contributed by atoms with van der Waals surface area (Å²) in [6.45, 7) is 2.18. The Balaban J connectivity index is 2.40. The average Bonchev–Trinajstić information content (AvgIpc) is 2.44. The van der Waals surface area contributed by atoms with Crippen molar-refractivity contribution in [2.45, 2.75) is 19.4 Å². The molecule has 1 unspecified atom stereocenters. The van der Waals surface area contributed by atoms with Crippen LogP contribution in [0.15, 0.2) is 46.9 Å². The molecule has 100 valence electrons. The maximum Gasteiger partial charge on any atom is 0.0585 e. The molecule has 1 atom stereocenters. The molecule has 0 heterocycles. The van der Waals surface area contributed by atoms with Gasteiger partial charge in [0.1, 0.15) is 0 Å². The molecule has 0 spiro atoms. The van der Waals surface area contributed by atoms with E-state index in [1.54, 1.807) is 0 Å². The maximum absolute atomic E-state index is 3.56. The number of hydrogen-bond acceptors (Lipinski definition) is 1. The molecule has 0 aromatic heterocycles. The Morgan fingerprint density at radius 2 is 1.84 bits per heavy atom. The molecule has 0 radical (unpaired) electrons. The van der Waals surface area contributed by atoms with Crippen LogP contribution in [0.1, 0.15) is 29.7 Å². The molecule has 1 N–H and O–H groups in total. The number of benzene rings is 2. The number of halogens is 2. The van der Waals surface area contributed by atoms with Crippen LogP contribution in [0, 0.1) is 3.57 Å². The Morgan fingerprint density at radius 3 is 2.42 bits per heavy atom. The van der Waals surface area contributed by atoms with E-state index in [0.29, 0.717) is 0 Å². The molecule has 0 saturated heterocycles. The smallest absolute Gasteiger partial charge is 0.0585 e. The summed E-state index contributed by atoms with van der Waals surface area (Å²) in [5.74, 6) is 0. The third kappa shape index (κ3) is 3.58. The largest absolute Gasteiger partial charge is 0.309 e.